The van der Waals surface area contributed by atoms with E-state index in [-0.39, 0.29) is 53.2 Å². The predicted molar refractivity (Wildman–Crippen MR) is 233 cm³/mol. The Balaban J connectivity index is 0.00000190. The van der Waals surface area contributed by atoms with Crippen molar-refractivity contribution in [3.8, 4) is 11.5 Å². The van der Waals surface area contributed by atoms with Crippen molar-refractivity contribution in [2.75, 3.05) is 60.4 Å². The van der Waals surface area contributed by atoms with Crippen molar-refractivity contribution in [2.45, 2.75) is 80.1 Å². The zero-order valence-corrected chi connectivity index (χ0v) is 38.9. The summed E-state index contributed by atoms with van der Waals surface area (Å²) in [7, 11) is 3.25. The Morgan fingerprint density at radius 1 is 0.820 bits per heavy atom. The monoisotopic (exact) mass is 988 g/mol. The first-order valence-electron chi connectivity index (χ1n) is 19.9. The topological polar surface area (TPSA) is 221 Å². The molecule has 0 amide bonds. The molecule has 0 atom stereocenters. The summed E-state index contributed by atoms with van der Waals surface area (Å²) < 4.78 is 22.6. The Bertz CT molecular complexity index is 1970. The normalized spacial score (nSPS) is 14.1. The Hall–Kier alpha value is -4.16. The minimum atomic E-state index is -1.08. The quantitative estimate of drug-likeness (QED) is 0.124. The van der Waals surface area contributed by atoms with Crippen molar-refractivity contribution in [1.29, 1.82) is 0 Å². The molecule has 0 unspecified atom stereocenters. The second-order valence-corrected chi connectivity index (χ2v) is 13.4. The molecular formula is C45H60GdN5O10. The van der Waals surface area contributed by atoms with Gasteiger partial charge in [-0.25, -0.2) is 4.99 Å². The van der Waals surface area contributed by atoms with Crippen LogP contribution in [0.25, 0.3) is 12.2 Å². The molecule has 0 bridgehead atoms. The van der Waals surface area contributed by atoms with Gasteiger partial charge in [0.25, 0.3) is 0 Å². The molecule has 0 fully saturated rings. The van der Waals surface area contributed by atoms with Crippen molar-refractivity contribution in [3.05, 3.63) is 69.2 Å². The second-order valence-electron chi connectivity index (χ2n) is 13.4. The predicted octanol–water partition coefficient (Wildman–Crippen LogP) is 4.51. The third-order valence-electron chi connectivity index (χ3n) is 9.14. The number of methoxy groups -OCH3 is 2. The van der Waals surface area contributed by atoms with Crippen LogP contribution in [0.15, 0.2) is 66.7 Å². The molecular weight excluding hydrogens is 928 g/mol. The van der Waals surface area contributed by atoms with E-state index in [1.165, 1.54) is 16.7 Å². The number of carbonyl (C=O) groups excluding carboxylic acids is 2. The fourth-order valence-electron chi connectivity index (χ4n) is 6.22. The number of hydrogen-bond donors (Lipinski definition) is 2. The van der Waals surface area contributed by atoms with Crippen molar-refractivity contribution >= 4 is 59.3 Å². The number of ether oxygens (including phenoxy) is 4. The number of rotatable bonds is 22. The number of carboxylic acids is 2. The number of aliphatic carboxylic acids is 2. The fraction of sp³-hybridized carbons (Fsp3) is 0.467. The molecule has 1 aromatic carbocycles. The SMILES string of the molecule is C=Cc1[n-]c(/C=C2\N=C(C=Nc3cc(OCCOC)c(OCCOC)cc3N=CC3=NCC(CCCO)=C3C)C(C)=C2CCCO)c(CC)c1CC.CC(=O)[O-].CC(=O)[O-].[Gd+3]. The van der Waals surface area contributed by atoms with E-state index in [4.69, 9.17) is 63.7 Å². The molecule has 61 heavy (non-hydrogen) atoms. The smallest absolute Gasteiger partial charge is 0.657 e. The van der Waals surface area contributed by atoms with Gasteiger partial charge in [-0.15, -0.1) is 18.0 Å². The van der Waals surface area contributed by atoms with Crippen LogP contribution in [-0.4, -0.2) is 106 Å². The van der Waals surface area contributed by atoms with Crippen molar-refractivity contribution < 1.29 is 88.9 Å². The van der Waals surface area contributed by atoms with Crippen LogP contribution in [0.3, 0.4) is 0 Å². The van der Waals surface area contributed by atoms with Gasteiger partial charge in [-0.1, -0.05) is 37.1 Å². The molecule has 333 valence electrons. The van der Waals surface area contributed by atoms with Crippen molar-refractivity contribution in [1.82, 2.24) is 4.98 Å². The summed E-state index contributed by atoms with van der Waals surface area (Å²) in [4.78, 5) is 42.2. The standard InChI is InChI=1S/C41H54N5O6.2C2H4O2.Gd/c1-8-30-31(9-2)34(45-33(30)10-3)21-35-32(14-12-16-48)28(5)39(46-35)26-44-37-23-41(52-20-18-50-7)40(51-19-17-49-6)22-36(37)43-25-38-27(4)29(24-42-38)13-11-15-47;2*1-2(3)4;/h10,21-23,25-26,47-48H,3,8-9,11-20,24H2,1-2,4-7H3;2*1H3,(H,3,4);/q-1;;;+3/p-2/b35-21-,43-25?,44-26?;;;. The Labute approximate surface area is 391 Å². The maximum absolute atomic E-state index is 9.71. The van der Waals surface area contributed by atoms with Crippen LogP contribution in [0.1, 0.15) is 89.7 Å². The number of aliphatic hydroxyl groups excluding tert-OH is 2. The van der Waals surface area contributed by atoms with Crippen LogP contribution in [0.5, 0.6) is 11.5 Å². The molecule has 16 heteroatoms. The van der Waals surface area contributed by atoms with E-state index in [1.54, 1.807) is 26.6 Å². The summed E-state index contributed by atoms with van der Waals surface area (Å²) in [6, 6.07) is 3.63. The largest absolute Gasteiger partial charge is 3.00 e. The number of allylic oxidation sites excluding steroid dienone is 3. The summed E-state index contributed by atoms with van der Waals surface area (Å²) in [6.07, 6.45) is 11.9. The van der Waals surface area contributed by atoms with Crippen LogP contribution in [0.2, 0.25) is 0 Å². The third-order valence-corrected chi connectivity index (χ3v) is 9.14. The Morgan fingerprint density at radius 2 is 1.31 bits per heavy atom. The van der Waals surface area contributed by atoms with Crippen molar-refractivity contribution in [2.24, 2.45) is 20.0 Å². The zero-order chi connectivity index (χ0) is 44.6. The van der Waals surface area contributed by atoms with E-state index < -0.39 is 11.9 Å². The Kier molecular flexibility index (Phi) is 27.0. The minimum Gasteiger partial charge on any atom is -0.657 e. The van der Waals surface area contributed by atoms with Crippen LogP contribution in [0.4, 0.5) is 11.4 Å². The molecule has 0 spiro atoms. The Morgan fingerprint density at radius 3 is 1.79 bits per heavy atom. The molecule has 4 rings (SSSR count). The average molecular weight is 988 g/mol. The summed E-state index contributed by atoms with van der Waals surface area (Å²) >= 11 is 0. The van der Waals surface area contributed by atoms with Gasteiger partial charge in [0.05, 0.1) is 60.7 Å². The third kappa shape index (κ3) is 18.0. The van der Waals surface area contributed by atoms with Crippen LogP contribution in [-0.2, 0) is 31.9 Å². The molecule has 15 nitrogen and oxygen atoms in total. The molecule has 2 aliphatic rings. The van der Waals surface area contributed by atoms with E-state index in [1.807, 2.05) is 32.1 Å². The molecule has 2 N–H and O–H groups in total. The molecule has 2 aliphatic heterocycles. The maximum Gasteiger partial charge on any atom is 3.00 e. The van der Waals surface area contributed by atoms with Crippen LogP contribution in [0, 0.1) is 39.9 Å². The first-order chi connectivity index (χ1) is 28.8. The van der Waals surface area contributed by atoms with E-state index in [0.29, 0.717) is 80.8 Å². The number of carboxylic acid groups (broad SMARTS) is 2. The summed E-state index contributed by atoms with van der Waals surface area (Å²) in [6.45, 7) is 16.6. The molecule has 0 saturated carbocycles. The molecule has 3 heterocycles. The van der Waals surface area contributed by atoms with E-state index >= 15 is 0 Å². The summed E-state index contributed by atoms with van der Waals surface area (Å²) in [5.74, 6) is -1.16. The van der Waals surface area contributed by atoms with E-state index in [2.05, 4.69) is 26.5 Å². The summed E-state index contributed by atoms with van der Waals surface area (Å²) in [5.41, 5.74) is 12.0. The van der Waals surface area contributed by atoms with Gasteiger partial charge in [-0.05, 0) is 88.5 Å². The zero-order valence-electron chi connectivity index (χ0n) is 36.6. The second kappa shape index (κ2) is 30.0. The van der Waals surface area contributed by atoms with E-state index in [9.17, 15) is 10.2 Å². The molecule has 0 aliphatic carbocycles. The molecule has 2 aromatic rings. The number of carbonyl (C=O) groups is 2. The number of aliphatic hydroxyl groups is 2. The number of nitrogens with zero attached hydrogens (tertiary/aromatic N) is 5. The number of aliphatic imine (C=N–C) groups is 4. The molecule has 0 saturated heterocycles. The van der Waals surface area contributed by atoms with Gasteiger partial charge in [0, 0.05) is 51.5 Å². The molecule has 1 aromatic heterocycles. The number of aromatic nitrogens is 1. The van der Waals surface area contributed by atoms with Gasteiger partial charge in [0.15, 0.2) is 11.5 Å². The summed E-state index contributed by atoms with van der Waals surface area (Å²) in [5, 5.41) is 36.8. The molecule has 1 radical (unpaired) electrons. The van der Waals surface area contributed by atoms with Crippen LogP contribution < -0.4 is 24.7 Å². The average Bonchev–Trinajstić information content (AvgIpc) is 3.85. The van der Waals surface area contributed by atoms with Crippen LogP contribution >= 0.6 is 0 Å². The number of benzene rings is 1. The van der Waals surface area contributed by atoms with Gasteiger partial charge >= 0.3 is 39.9 Å². The maximum atomic E-state index is 9.71. The first-order valence-corrected chi connectivity index (χ1v) is 19.9. The van der Waals surface area contributed by atoms with Crippen molar-refractivity contribution in [3.63, 3.8) is 0 Å². The minimum absolute atomic E-state index is 0. The fourth-order valence-corrected chi connectivity index (χ4v) is 6.22. The van der Waals surface area contributed by atoms with Gasteiger partial charge in [0.1, 0.15) is 13.2 Å². The van der Waals surface area contributed by atoms with Gasteiger partial charge in [-0.3, -0.25) is 15.0 Å². The first kappa shape index (κ1) is 54.9. The van der Waals surface area contributed by atoms with Gasteiger partial charge in [0.2, 0.25) is 0 Å². The van der Waals surface area contributed by atoms with E-state index in [0.717, 1.165) is 72.6 Å². The number of hydrogen-bond acceptors (Lipinski definition) is 14. The van der Waals surface area contributed by atoms with Gasteiger partial charge < -0.3 is 53.9 Å². The van der Waals surface area contributed by atoms with Gasteiger partial charge in [-0.2, -0.15) is 0 Å².